The van der Waals surface area contributed by atoms with Gasteiger partial charge in [-0.1, -0.05) is 12.6 Å². The van der Waals surface area contributed by atoms with E-state index in [4.69, 9.17) is 18.9 Å². The van der Waals surface area contributed by atoms with Gasteiger partial charge in [-0.2, -0.15) is 0 Å². The summed E-state index contributed by atoms with van der Waals surface area (Å²) in [5, 5.41) is 5.43. The van der Waals surface area contributed by atoms with Gasteiger partial charge in [0.05, 0.1) is 46.6 Å². The summed E-state index contributed by atoms with van der Waals surface area (Å²) >= 11 is 0. The number of esters is 1. The lowest BCUT2D eigenvalue weighted by molar-refractivity contribution is -0.124. The Morgan fingerprint density at radius 2 is 1.79 bits per heavy atom. The Bertz CT molecular complexity index is 1130. The molecule has 2 N–H and O–H groups in total. The zero-order valence-corrected chi connectivity index (χ0v) is 19.7. The van der Waals surface area contributed by atoms with E-state index in [1.165, 1.54) is 14.2 Å². The Morgan fingerprint density at radius 3 is 2.41 bits per heavy atom. The van der Waals surface area contributed by atoms with Crippen LogP contribution in [0.2, 0.25) is 0 Å². The Hall–Kier alpha value is -4.01. The molecule has 0 saturated carbocycles. The molecule has 9 nitrogen and oxygen atoms in total. The first-order chi connectivity index (χ1) is 16.4. The minimum atomic E-state index is -0.491. The Kier molecular flexibility index (Phi) is 7.78. The number of benzene rings is 2. The third kappa shape index (κ3) is 4.83. The van der Waals surface area contributed by atoms with Gasteiger partial charge in [0.25, 0.3) is 0 Å². The lowest BCUT2D eigenvalue weighted by Gasteiger charge is -2.22. The topological polar surface area (TPSA) is 112 Å². The summed E-state index contributed by atoms with van der Waals surface area (Å²) in [6.45, 7) is 3.18. The van der Waals surface area contributed by atoms with Crippen molar-refractivity contribution in [3.05, 3.63) is 53.6 Å². The van der Waals surface area contributed by atoms with Crippen molar-refractivity contribution in [1.82, 2.24) is 10.6 Å². The zero-order valence-electron chi connectivity index (χ0n) is 19.7. The predicted molar refractivity (Wildman–Crippen MR) is 125 cm³/mol. The van der Waals surface area contributed by atoms with Gasteiger partial charge in [-0.05, 0) is 53.8 Å². The van der Waals surface area contributed by atoms with Crippen molar-refractivity contribution in [2.75, 3.05) is 35.0 Å². The van der Waals surface area contributed by atoms with E-state index in [0.29, 0.717) is 35.7 Å². The highest BCUT2D eigenvalue weighted by Crippen LogP contribution is 2.50. The van der Waals surface area contributed by atoms with Crippen LogP contribution < -0.4 is 24.8 Å². The Balaban J connectivity index is 2.14. The van der Waals surface area contributed by atoms with Crippen molar-refractivity contribution < 1.29 is 33.3 Å². The lowest BCUT2D eigenvalue weighted by atomic mass is 9.92. The number of ether oxygens (including phenoxy) is 4. The molecule has 2 aromatic carbocycles. The fraction of sp³-hybridized carbons (Fsp3) is 0.320. The normalized spacial score (nSPS) is 13.9. The van der Waals surface area contributed by atoms with Crippen LogP contribution in [-0.4, -0.2) is 52.8 Å². The van der Waals surface area contributed by atoms with Gasteiger partial charge >= 0.3 is 5.97 Å². The molecule has 2 aromatic rings. The molecule has 1 aliphatic rings. The van der Waals surface area contributed by atoms with Crippen LogP contribution in [0.25, 0.3) is 11.1 Å². The molecule has 9 heteroatoms. The van der Waals surface area contributed by atoms with Crippen LogP contribution >= 0.6 is 0 Å². The molecular formula is C25H28N2O7. The highest BCUT2D eigenvalue weighted by molar-refractivity contribution is 5.93. The van der Waals surface area contributed by atoms with E-state index in [1.807, 2.05) is 6.07 Å². The summed E-state index contributed by atoms with van der Waals surface area (Å²) in [6.07, 6.45) is 2.21. The summed E-state index contributed by atoms with van der Waals surface area (Å²) < 4.78 is 21.7. The standard InChI is InChI=1S/C25H28N2O7/c1-6-20(28)26-13-21(29)27-18-10-8-14-12-19(31-2)23(32-3)24(33-4)22(14)16-9-7-15(11-17(16)18)25(30)34-5/h6-7,9,11-12,18H,1,8,10,13H2,2-5H3,(H,26,28)(H,27,29)/t18-/m0/s1. The van der Waals surface area contributed by atoms with Crippen LogP contribution in [-0.2, 0) is 20.7 Å². The van der Waals surface area contributed by atoms with Gasteiger partial charge in [-0.25, -0.2) is 4.79 Å². The minimum absolute atomic E-state index is 0.203. The van der Waals surface area contributed by atoms with Crippen LogP contribution in [0.5, 0.6) is 17.2 Å². The number of aryl methyl sites for hydroxylation is 1. The number of carbonyl (C=O) groups excluding carboxylic acids is 3. The molecule has 0 fully saturated rings. The number of fused-ring (bicyclic) bond motifs is 3. The van der Waals surface area contributed by atoms with Gasteiger partial charge in [0.2, 0.25) is 17.6 Å². The maximum atomic E-state index is 12.6. The fourth-order valence-electron chi connectivity index (χ4n) is 4.11. The number of rotatable bonds is 8. The molecular weight excluding hydrogens is 440 g/mol. The lowest BCUT2D eigenvalue weighted by Crippen LogP contribution is -2.38. The van der Waals surface area contributed by atoms with Crippen molar-refractivity contribution >= 4 is 17.8 Å². The second-order valence-corrected chi connectivity index (χ2v) is 7.55. The average Bonchev–Trinajstić information content (AvgIpc) is 3.01. The number of hydrogen-bond acceptors (Lipinski definition) is 7. The number of nitrogens with one attached hydrogen (secondary N) is 2. The third-order valence-electron chi connectivity index (χ3n) is 5.68. The van der Waals surface area contributed by atoms with Gasteiger partial charge in [-0.3, -0.25) is 9.59 Å². The van der Waals surface area contributed by atoms with Crippen molar-refractivity contribution in [3.63, 3.8) is 0 Å². The number of methoxy groups -OCH3 is 4. The Labute approximate surface area is 198 Å². The van der Waals surface area contributed by atoms with E-state index in [9.17, 15) is 14.4 Å². The zero-order chi connectivity index (χ0) is 24.8. The predicted octanol–water partition coefficient (Wildman–Crippen LogP) is 2.57. The highest BCUT2D eigenvalue weighted by atomic mass is 16.5. The van der Waals surface area contributed by atoms with Crippen LogP contribution in [0.3, 0.4) is 0 Å². The van der Waals surface area contributed by atoms with Crippen molar-refractivity contribution in [1.29, 1.82) is 0 Å². The van der Waals surface area contributed by atoms with Gasteiger partial charge in [0.15, 0.2) is 11.5 Å². The maximum Gasteiger partial charge on any atom is 0.337 e. The van der Waals surface area contributed by atoms with Crippen molar-refractivity contribution in [2.24, 2.45) is 0 Å². The third-order valence-corrected chi connectivity index (χ3v) is 5.68. The molecule has 0 heterocycles. The van der Waals surface area contributed by atoms with Gasteiger partial charge < -0.3 is 29.6 Å². The first-order valence-corrected chi connectivity index (χ1v) is 10.6. The van der Waals surface area contributed by atoms with Crippen molar-refractivity contribution in [3.8, 4) is 28.4 Å². The number of hydrogen-bond donors (Lipinski definition) is 2. The molecule has 0 aromatic heterocycles. The van der Waals surface area contributed by atoms with E-state index in [-0.39, 0.29) is 12.5 Å². The van der Waals surface area contributed by atoms with E-state index in [1.54, 1.807) is 32.4 Å². The number of carbonyl (C=O) groups is 3. The molecule has 2 amide bonds. The highest BCUT2D eigenvalue weighted by Gasteiger charge is 2.30. The molecule has 1 atom stereocenters. The van der Waals surface area contributed by atoms with Crippen LogP contribution in [0.4, 0.5) is 0 Å². The monoisotopic (exact) mass is 468 g/mol. The molecule has 0 aliphatic heterocycles. The second-order valence-electron chi connectivity index (χ2n) is 7.55. The molecule has 0 unspecified atom stereocenters. The molecule has 34 heavy (non-hydrogen) atoms. The maximum absolute atomic E-state index is 12.6. The number of amides is 2. The quantitative estimate of drug-likeness (QED) is 0.452. The van der Waals surface area contributed by atoms with Gasteiger partial charge in [0, 0.05) is 5.56 Å². The molecule has 0 radical (unpaired) electrons. The summed E-state index contributed by atoms with van der Waals surface area (Å²) in [7, 11) is 5.94. The van der Waals surface area contributed by atoms with Crippen LogP contribution in [0.15, 0.2) is 36.9 Å². The summed E-state index contributed by atoms with van der Waals surface area (Å²) in [4.78, 5) is 36.3. The van der Waals surface area contributed by atoms with Crippen molar-refractivity contribution in [2.45, 2.75) is 18.9 Å². The van der Waals surface area contributed by atoms with E-state index < -0.39 is 17.9 Å². The second kappa shape index (κ2) is 10.7. The molecule has 3 rings (SSSR count). The van der Waals surface area contributed by atoms with Gasteiger partial charge in [0.1, 0.15) is 0 Å². The molecule has 1 aliphatic carbocycles. The summed E-state index contributed by atoms with van der Waals surface area (Å²) in [6, 6.07) is 6.63. The summed E-state index contributed by atoms with van der Waals surface area (Å²) in [5.74, 6) is 0.161. The molecule has 0 bridgehead atoms. The first-order valence-electron chi connectivity index (χ1n) is 10.6. The van der Waals surface area contributed by atoms with Crippen LogP contribution in [0, 0.1) is 0 Å². The van der Waals surface area contributed by atoms with Crippen LogP contribution in [0.1, 0.15) is 33.9 Å². The Morgan fingerprint density at radius 1 is 1.06 bits per heavy atom. The summed E-state index contributed by atoms with van der Waals surface area (Å²) in [5.41, 5.74) is 3.58. The van der Waals surface area contributed by atoms with E-state index >= 15 is 0 Å². The molecule has 180 valence electrons. The molecule has 0 saturated heterocycles. The van der Waals surface area contributed by atoms with E-state index in [0.717, 1.165) is 28.3 Å². The first kappa shape index (κ1) is 24.6. The van der Waals surface area contributed by atoms with E-state index in [2.05, 4.69) is 17.2 Å². The largest absolute Gasteiger partial charge is 0.493 e. The molecule has 0 spiro atoms. The smallest absolute Gasteiger partial charge is 0.337 e. The SMILES string of the molecule is C=CC(=O)NCC(=O)N[C@H]1CCc2cc(OC)c(OC)c(OC)c2-c2ccc(C(=O)OC)cc21. The van der Waals surface area contributed by atoms with Gasteiger partial charge in [-0.15, -0.1) is 0 Å². The fourth-order valence-corrected chi connectivity index (χ4v) is 4.11. The minimum Gasteiger partial charge on any atom is -0.493 e. The average molecular weight is 469 g/mol.